The van der Waals surface area contributed by atoms with Gasteiger partial charge in [-0.1, -0.05) is 70.1 Å². The molecule has 61 heavy (non-hydrogen) atoms. The van der Waals surface area contributed by atoms with Crippen LogP contribution >= 0.6 is 21.6 Å². The highest BCUT2D eigenvalue weighted by Gasteiger charge is 2.42. The lowest BCUT2D eigenvalue weighted by atomic mass is 10.2. The Morgan fingerprint density at radius 2 is 1.07 bits per heavy atom. The molecule has 4 aromatic rings. The van der Waals surface area contributed by atoms with Gasteiger partial charge in [0, 0.05) is 39.3 Å². The molecule has 2 unspecified atom stereocenters. The number of ether oxygens (including phenoxy) is 2. The van der Waals surface area contributed by atoms with Crippen LogP contribution in [0.15, 0.2) is 107 Å². The molecule has 2 fully saturated rings. The predicted molar refractivity (Wildman–Crippen MR) is 233 cm³/mol. The number of fused-ring (bicyclic) bond motifs is 2. The predicted octanol–water partition coefficient (Wildman–Crippen LogP) is 7.17. The van der Waals surface area contributed by atoms with Crippen LogP contribution in [0, 0.1) is 11.3 Å². The second-order valence-electron chi connectivity index (χ2n) is 15.4. The Hall–Kier alpha value is -5.16. The molecule has 0 radical (unpaired) electrons. The van der Waals surface area contributed by atoms with E-state index in [1.165, 1.54) is 8.61 Å². The van der Waals surface area contributed by atoms with Gasteiger partial charge < -0.3 is 15.2 Å². The summed E-state index contributed by atoms with van der Waals surface area (Å²) < 4.78 is 56.4. The molecule has 2 atom stereocenters. The second kappa shape index (κ2) is 19.3. The molecular formula is C44H52N6O9S2. The number of nitrogens with zero attached hydrogens (tertiary/aromatic N) is 5. The summed E-state index contributed by atoms with van der Waals surface area (Å²) >= 11 is 0. The van der Waals surface area contributed by atoms with E-state index in [9.17, 15) is 37.9 Å². The van der Waals surface area contributed by atoms with Crippen LogP contribution in [0.4, 0.5) is 0 Å². The number of carbonyl (C=O) groups is 3. The highest BCUT2D eigenvalue weighted by molar-refractivity contribution is 8.23. The summed E-state index contributed by atoms with van der Waals surface area (Å²) in [5.74, 6) is 0.00752. The minimum absolute atomic E-state index is 0.0119. The van der Waals surface area contributed by atoms with E-state index in [-0.39, 0.29) is 24.0 Å². The lowest BCUT2D eigenvalue weighted by molar-refractivity contribution is 0.0850. The van der Waals surface area contributed by atoms with E-state index < -0.39 is 27.5 Å². The lowest BCUT2D eigenvalue weighted by Crippen LogP contribution is -2.30. The summed E-state index contributed by atoms with van der Waals surface area (Å²) in [5, 5.41) is 9.19. The average molecular weight is 873 g/mol. The molecule has 0 spiro atoms. The summed E-state index contributed by atoms with van der Waals surface area (Å²) in [5.41, 5.74) is 7.10. The third-order valence-corrected chi connectivity index (χ3v) is 15.1. The minimum atomic E-state index is -3.24. The van der Waals surface area contributed by atoms with Gasteiger partial charge >= 0.3 is 0 Å². The molecule has 17 heteroatoms. The van der Waals surface area contributed by atoms with Gasteiger partial charge in [0.15, 0.2) is 0 Å². The van der Waals surface area contributed by atoms with Crippen LogP contribution in [0.1, 0.15) is 75.2 Å². The Morgan fingerprint density at radius 3 is 1.56 bits per heavy atom. The number of amides is 3. The summed E-state index contributed by atoms with van der Waals surface area (Å²) in [4.78, 5) is 41.8. The highest BCUT2D eigenvalue weighted by atomic mass is 32.3. The lowest BCUT2D eigenvalue weighted by Gasteiger charge is -2.37. The fourth-order valence-corrected chi connectivity index (χ4v) is 11.5. The first kappa shape index (κ1) is 43.9. The van der Waals surface area contributed by atoms with Crippen molar-refractivity contribution in [2.45, 2.75) is 60.5 Å². The van der Waals surface area contributed by atoms with Gasteiger partial charge in [-0.3, -0.25) is 42.4 Å². The number of hydrogen-bond acceptors (Lipinski definition) is 12. The van der Waals surface area contributed by atoms with Crippen LogP contribution in [0.3, 0.4) is 0 Å². The molecule has 0 saturated carbocycles. The Morgan fingerprint density at radius 1 is 0.639 bits per heavy atom. The molecule has 4 aliphatic heterocycles. The quantitative estimate of drug-likeness (QED) is 0.0753. The van der Waals surface area contributed by atoms with Gasteiger partial charge in [-0.25, -0.2) is 8.61 Å². The molecule has 3 amide bonds. The number of carbonyl (C=O) groups excluding carboxylic acids is 3. The molecular weight excluding hydrogens is 821 g/mol. The number of primary amides is 1. The van der Waals surface area contributed by atoms with Gasteiger partial charge in [0.05, 0.1) is 32.0 Å². The maximum atomic E-state index is 12.5. The van der Waals surface area contributed by atoms with E-state index >= 15 is 0 Å². The van der Waals surface area contributed by atoms with E-state index in [2.05, 4.69) is 15.9 Å². The smallest absolute Gasteiger partial charge is 0.274 e. The van der Waals surface area contributed by atoms with Gasteiger partial charge in [0.25, 0.3) is 17.7 Å². The molecule has 8 rings (SSSR count). The van der Waals surface area contributed by atoms with Gasteiger partial charge in [-0.2, -0.15) is 5.26 Å². The van der Waals surface area contributed by atoms with Crippen molar-refractivity contribution in [2.75, 3.05) is 52.4 Å². The number of likely N-dealkylation sites (tertiary alicyclic amines) is 2. The van der Waals surface area contributed by atoms with Crippen LogP contribution in [-0.2, 0) is 0 Å². The summed E-state index contributed by atoms with van der Waals surface area (Å²) in [6.45, 7) is 5.64. The molecule has 4 aliphatic rings. The van der Waals surface area contributed by atoms with E-state index in [0.717, 1.165) is 65.0 Å². The molecule has 324 valence electrons. The highest BCUT2D eigenvalue weighted by Crippen LogP contribution is 2.59. The molecule has 0 bridgehead atoms. The van der Waals surface area contributed by atoms with Crippen LogP contribution in [0.25, 0.3) is 0 Å². The first-order valence-electron chi connectivity index (χ1n) is 20.4. The first-order valence-corrected chi connectivity index (χ1v) is 23.4. The van der Waals surface area contributed by atoms with Gasteiger partial charge in [-0.15, -0.1) is 0 Å². The molecule has 4 heterocycles. The van der Waals surface area contributed by atoms with Crippen molar-refractivity contribution in [1.82, 2.24) is 18.4 Å². The number of hydrogen-bond donors (Lipinski definition) is 5. The number of rotatable bonds is 15. The van der Waals surface area contributed by atoms with Crippen molar-refractivity contribution in [1.29, 1.82) is 5.26 Å². The normalized spacial score (nSPS) is 21.2. The maximum Gasteiger partial charge on any atom is 0.274 e. The fraction of sp³-hybridized carbons (Fsp3) is 0.364. The Kier molecular flexibility index (Phi) is 13.9. The average Bonchev–Trinajstić information content (AvgIpc) is 4.00. The van der Waals surface area contributed by atoms with Crippen molar-refractivity contribution < 1.29 is 42.1 Å². The standard InChI is InChI=1S/C22H27N3O5S.C22H25N3O4S/c23-21(26)17-7-1-3-9-19(17)30-16-11-14-24(15-16)12-5-6-13-25-22(27)18-8-2-4-10-20(18)31(25,28)29;23-15-17-7-1-3-9-20(17)29-18-11-14-24(16-18)12-5-6-13-25-22(26)19-8-2-4-10-21(19)30(25,27)28/h1-4,7-10,16,28-29H,5-6,11-15H2,(H2,23,26);1-4,7-10,18,27-28H,5-6,11-14,16H2. The second-order valence-corrected chi connectivity index (χ2v) is 19.2. The summed E-state index contributed by atoms with van der Waals surface area (Å²) in [6.07, 6.45) is 4.82. The first-order chi connectivity index (χ1) is 29.4. The van der Waals surface area contributed by atoms with E-state index in [1.807, 2.05) is 24.3 Å². The SMILES string of the molecule is N#Cc1ccccc1OC1CCN(CCCCN2C(=O)c3ccccc3S2(O)O)C1.NC(=O)c1ccccc1OC1CCN(CCCCN2C(=O)c3ccccc3S2(O)O)C1. The molecule has 15 nitrogen and oxygen atoms in total. The van der Waals surface area contributed by atoms with Crippen molar-refractivity contribution in [3.8, 4) is 17.6 Å². The topological polar surface area (TPSA) is 213 Å². The number of para-hydroxylation sites is 2. The number of unbranched alkanes of at least 4 members (excludes halogenated alkanes) is 2. The monoisotopic (exact) mass is 872 g/mol. The molecule has 4 aromatic carbocycles. The van der Waals surface area contributed by atoms with E-state index in [1.54, 1.807) is 72.8 Å². The van der Waals surface area contributed by atoms with E-state index in [4.69, 9.17) is 15.2 Å². The Balaban J connectivity index is 0.000000184. The van der Waals surface area contributed by atoms with Gasteiger partial charge in [0.2, 0.25) is 0 Å². The third kappa shape index (κ3) is 9.82. The van der Waals surface area contributed by atoms with Crippen LogP contribution in [-0.4, -0.2) is 119 Å². The van der Waals surface area contributed by atoms with Crippen molar-refractivity contribution >= 4 is 39.3 Å². The molecule has 2 saturated heterocycles. The van der Waals surface area contributed by atoms with Gasteiger partial charge in [-0.05, 0) is 100 Å². The molecule has 0 aliphatic carbocycles. The van der Waals surface area contributed by atoms with Crippen molar-refractivity contribution in [3.05, 3.63) is 119 Å². The number of nitriles is 1. The van der Waals surface area contributed by atoms with E-state index in [0.29, 0.717) is 69.5 Å². The van der Waals surface area contributed by atoms with Crippen LogP contribution in [0.2, 0.25) is 0 Å². The van der Waals surface area contributed by atoms with Gasteiger partial charge in [0.1, 0.15) is 29.8 Å². The molecule has 6 N–H and O–H groups in total. The summed E-state index contributed by atoms with van der Waals surface area (Å²) in [6, 6.07) is 29.8. The zero-order valence-electron chi connectivity index (χ0n) is 33.8. The largest absolute Gasteiger partial charge is 0.488 e. The van der Waals surface area contributed by atoms with Crippen LogP contribution in [0.5, 0.6) is 11.5 Å². The summed E-state index contributed by atoms with van der Waals surface area (Å²) in [7, 11) is -6.46. The van der Waals surface area contributed by atoms with Crippen molar-refractivity contribution in [2.24, 2.45) is 5.73 Å². The van der Waals surface area contributed by atoms with Crippen LogP contribution < -0.4 is 15.2 Å². The third-order valence-electron chi connectivity index (χ3n) is 11.3. The zero-order chi connectivity index (χ0) is 43.1. The fourth-order valence-electron chi connectivity index (χ4n) is 8.13. The Labute approximate surface area is 359 Å². The Bertz CT molecular complexity index is 2270. The molecule has 0 aromatic heterocycles. The maximum absolute atomic E-state index is 12.5. The number of nitrogens with two attached hydrogens (primary N) is 1. The minimum Gasteiger partial charge on any atom is -0.488 e. The zero-order valence-corrected chi connectivity index (χ0v) is 35.4. The van der Waals surface area contributed by atoms with Crippen molar-refractivity contribution in [3.63, 3.8) is 0 Å². The number of benzene rings is 4.